The minimum atomic E-state index is -3.63. The minimum Gasteiger partial charge on any atom is -0.469 e. The van der Waals surface area contributed by atoms with E-state index in [-0.39, 0.29) is 24.3 Å². The molecule has 1 aromatic rings. The molecule has 0 amide bonds. The zero-order valence-corrected chi connectivity index (χ0v) is 12.2. The first kappa shape index (κ1) is 16.1. The van der Waals surface area contributed by atoms with Crippen LogP contribution in [-0.4, -0.2) is 39.4 Å². The summed E-state index contributed by atoms with van der Waals surface area (Å²) < 4.78 is 30.0. The quantitative estimate of drug-likeness (QED) is 0.729. The number of esters is 1. The number of hydrogen-bond acceptors (Lipinski definition) is 5. The molecule has 0 heterocycles. The van der Waals surface area contributed by atoms with E-state index in [1.807, 2.05) is 6.07 Å². The molecular weight excluding hydrogens is 280 g/mol. The van der Waals surface area contributed by atoms with Crippen LogP contribution in [0.25, 0.3) is 0 Å². The minimum absolute atomic E-state index is 0.00124. The van der Waals surface area contributed by atoms with Gasteiger partial charge in [-0.25, -0.2) is 12.7 Å². The van der Waals surface area contributed by atoms with Crippen LogP contribution in [0.2, 0.25) is 0 Å². The van der Waals surface area contributed by atoms with Gasteiger partial charge in [-0.1, -0.05) is 12.1 Å². The first-order chi connectivity index (χ1) is 9.41. The number of nitriles is 1. The van der Waals surface area contributed by atoms with E-state index in [0.29, 0.717) is 0 Å². The predicted octanol–water partition coefficient (Wildman–Crippen LogP) is 0.936. The Morgan fingerprint density at radius 1 is 1.35 bits per heavy atom. The van der Waals surface area contributed by atoms with Crippen molar-refractivity contribution in [2.24, 2.45) is 0 Å². The van der Waals surface area contributed by atoms with Crippen molar-refractivity contribution in [3.8, 4) is 6.07 Å². The van der Waals surface area contributed by atoms with Gasteiger partial charge in [0.2, 0.25) is 10.0 Å². The fourth-order valence-electron chi connectivity index (χ4n) is 1.52. The van der Waals surface area contributed by atoms with Crippen molar-refractivity contribution in [2.45, 2.75) is 17.7 Å². The van der Waals surface area contributed by atoms with Gasteiger partial charge in [-0.15, -0.1) is 0 Å². The van der Waals surface area contributed by atoms with Crippen LogP contribution >= 0.6 is 0 Å². The van der Waals surface area contributed by atoms with Crippen LogP contribution in [0.4, 0.5) is 0 Å². The molecule has 7 heteroatoms. The largest absolute Gasteiger partial charge is 0.469 e. The van der Waals surface area contributed by atoms with Gasteiger partial charge in [-0.2, -0.15) is 5.26 Å². The topological polar surface area (TPSA) is 87.5 Å². The van der Waals surface area contributed by atoms with Gasteiger partial charge in [0, 0.05) is 13.6 Å². The third kappa shape index (κ3) is 4.05. The van der Waals surface area contributed by atoms with Crippen LogP contribution in [0.3, 0.4) is 0 Å². The Hall–Kier alpha value is -1.91. The van der Waals surface area contributed by atoms with E-state index in [4.69, 9.17) is 5.26 Å². The number of sulfonamides is 1. The average Bonchev–Trinajstić information content (AvgIpc) is 2.45. The summed E-state index contributed by atoms with van der Waals surface area (Å²) >= 11 is 0. The molecule has 1 aromatic carbocycles. The highest BCUT2D eigenvalue weighted by molar-refractivity contribution is 7.89. The van der Waals surface area contributed by atoms with Crippen LogP contribution < -0.4 is 0 Å². The molecule has 0 spiro atoms. The lowest BCUT2D eigenvalue weighted by molar-refractivity contribution is -0.140. The fraction of sp³-hybridized carbons (Fsp3) is 0.385. The Bertz CT molecular complexity index is 602. The van der Waals surface area contributed by atoms with Crippen molar-refractivity contribution in [2.75, 3.05) is 20.7 Å². The maximum Gasteiger partial charge on any atom is 0.306 e. The van der Waals surface area contributed by atoms with E-state index in [2.05, 4.69) is 4.74 Å². The van der Waals surface area contributed by atoms with Gasteiger partial charge in [-0.05, 0) is 17.7 Å². The summed E-state index contributed by atoms with van der Waals surface area (Å²) in [6, 6.07) is 8.11. The third-order valence-electron chi connectivity index (χ3n) is 2.77. The zero-order chi connectivity index (χ0) is 15.2. The second kappa shape index (κ2) is 7.03. The van der Waals surface area contributed by atoms with E-state index in [0.717, 1.165) is 9.87 Å². The van der Waals surface area contributed by atoms with Crippen LogP contribution in [-0.2, 0) is 26.0 Å². The molecule has 0 aliphatic heterocycles. The lowest BCUT2D eigenvalue weighted by atomic mass is 10.2. The van der Waals surface area contributed by atoms with E-state index in [9.17, 15) is 13.2 Å². The van der Waals surface area contributed by atoms with Crippen molar-refractivity contribution in [3.05, 3.63) is 29.8 Å². The monoisotopic (exact) mass is 296 g/mol. The van der Waals surface area contributed by atoms with Crippen LogP contribution in [0, 0.1) is 11.3 Å². The molecule has 0 radical (unpaired) electrons. The van der Waals surface area contributed by atoms with Gasteiger partial charge >= 0.3 is 5.97 Å². The fourth-order valence-corrected chi connectivity index (χ4v) is 2.69. The SMILES string of the molecule is COC(=O)CCN(C)S(=O)(=O)c1ccc(CC#N)cc1. The number of methoxy groups -OCH3 is 1. The van der Waals surface area contributed by atoms with Crippen molar-refractivity contribution < 1.29 is 17.9 Å². The average molecular weight is 296 g/mol. The predicted molar refractivity (Wildman–Crippen MR) is 72.2 cm³/mol. The molecule has 0 aromatic heterocycles. The molecule has 108 valence electrons. The Morgan fingerprint density at radius 2 is 1.95 bits per heavy atom. The number of carbonyl (C=O) groups is 1. The summed E-state index contributed by atoms with van der Waals surface area (Å²) in [6.07, 6.45) is 0.233. The molecule has 0 unspecified atom stereocenters. The maximum atomic E-state index is 12.2. The molecule has 0 aliphatic carbocycles. The highest BCUT2D eigenvalue weighted by Crippen LogP contribution is 2.15. The van der Waals surface area contributed by atoms with E-state index in [1.165, 1.54) is 26.3 Å². The Morgan fingerprint density at radius 3 is 2.45 bits per heavy atom. The Balaban J connectivity index is 2.82. The van der Waals surface area contributed by atoms with Crippen LogP contribution in [0.1, 0.15) is 12.0 Å². The smallest absolute Gasteiger partial charge is 0.306 e. The standard InChI is InChI=1S/C13H16N2O4S/c1-15(10-8-13(16)19-2)20(17,18)12-5-3-11(4-6-12)7-9-14/h3-6H,7-8,10H2,1-2H3. The summed E-state index contributed by atoms with van der Waals surface area (Å²) in [5.41, 5.74) is 0.753. The van der Waals surface area contributed by atoms with Gasteiger partial charge < -0.3 is 4.74 Å². The van der Waals surface area contributed by atoms with Gasteiger partial charge in [0.25, 0.3) is 0 Å². The molecular formula is C13H16N2O4S. The number of ether oxygens (including phenoxy) is 1. The normalized spacial score (nSPS) is 11.1. The number of benzene rings is 1. The molecule has 0 saturated carbocycles. The van der Waals surface area contributed by atoms with E-state index in [1.54, 1.807) is 12.1 Å². The van der Waals surface area contributed by atoms with Crippen molar-refractivity contribution >= 4 is 16.0 Å². The summed E-state index contributed by atoms with van der Waals surface area (Å²) in [5.74, 6) is -0.462. The summed E-state index contributed by atoms with van der Waals surface area (Å²) in [5, 5.41) is 8.56. The molecule has 0 aliphatic rings. The summed E-state index contributed by atoms with van der Waals surface area (Å²) in [4.78, 5) is 11.2. The maximum absolute atomic E-state index is 12.2. The number of carbonyl (C=O) groups excluding carboxylic acids is 1. The van der Waals surface area contributed by atoms with Gasteiger partial charge in [0.05, 0.1) is 30.9 Å². The summed E-state index contributed by atoms with van der Waals surface area (Å²) in [7, 11) is -0.973. The highest BCUT2D eigenvalue weighted by atomic mass is 32.2. The Kier molecular flexibility index (Phi) is 5.67. The molecule has 0 saturated heterocycles. The second-order valence-electron chi connectivity index (χ2n) is 4.13. The van der Waals surface area contributed by atoms with Gasteiger partial charge in [0.1, 0.15) is 0 Å². The molecule has 1 rings (SSSR count). The lowest BCUT2D eigenvalue weighted by Crippen LogP contribution is -2.29. The first-order valence-corrected chi connectivity index (χ1v) is 7.35. The molecule has 6 nitrogen and oxygen atoms in total. The number of hydrogen-bond donors (Lipinski definition) is 0. The molecule has 0 N–H and O–H groups in total. The van der Waals surface area contributed by atoms with Crippen molar-refractivity contribution in [1.29, 1.82) is 5.26 Å². The van der Waals surface area contributed by atoms with Crippen molar-refractivity contribution in [1.82, 2.24) is 4.31 Å². The first-order valence-electron chi connectivity index (χ1n) is 5.91. The zero-order valence-electron chi connectivity index (χ0n) is 11.4. The molecule has 0 atom stereocenters. The highest BCUT2D eigenvalue weighted by Gasteiger charge is 2.21. The van der Waals surface area contributed by atoms with E-state index < -0.39 is 16.0 Å². The molecule has 20 heavy (non-hydrogen) atoms. The van der Waals surface area contributed by atoms with Gasteiger partial charge in [0.15, 0.2) is 0 Å². The summed E-state index contributed by atoms with van der Waals surface area (Å²) in [6.45, 7) is 0.0505. The lowest BCUT2D eigenvalue weighted by Gasteiger charge is -2.16. The Labute approximate surface area is 118 Å². The number of nitrogens with zero attached hydrogens (tertiary/aromatic N) is 2. The number of rotatable bonds is 6. The van der Waals surface area contributed by atoms with Crippen molar-refractivity contribution in [3.63, 3.8) is 0 Å². The van der Waals surface area contributed by atoms with Crippen LogP contribution in [0.15, 0.2) is 29.2 Å². The van der Waals surface area contributed by atoms with Gasteiger partial charge in [-0.3, -0.25) is 4.79 Å². The molecule has 0 bridgehead atoms. The third-order valence-corrected chi connectivity index (χ3v) is 4.64. The van der Waals surface area contributed by atoms with E-state index >= 15 is 0 Å². The van der Waals surface area contributed by atoms with Crippen LogP contribution in [0.5, 0.6) is 0 Å². The second-order valence-corrected chi connectivity index (χ2v) is 6.18. The molecule has 0 fully saturated rings.